The number of rotatable bonds is 2. The summed E-state index contributed by atoms with van der Waals surface area (Å²) in [5, 5.41) is 2.58. The molecule has 0 saturated carbocycles. The van der Waals surface area contributed by atoms with Gasteiger partial charge < -0.3 is 10.3 Å². The average molecular weight is 358 g/mol. The fraction of sp³-hybridized carbons (Fsp3) is 0. The van der Waals surface area contributed by atoms with E-state index in [1.807, 2.05) is 22.6 Å². The Kier molecular flexibility index (Phi) is 3.75. The van der Waals surface area contributed by atoms with Crippen molar-refractivity contribution in [2.24, 2.45) is 0 Å². The van der Waals surface area contributed by atoms with Crippen LogP contribution in [0.4, 0.5) is 10.1 Å². The second-order valence-corrected chi connectivity index (χ2v) is 4.58. The summed E-state index contributed by atoms with van der Waals surface area (Å²) in [6.45, 7) is 0. The van der Waals surface area contributed by atoms with Crippen LogP contribution in [0, 0.1) is 9.39 Å². The molecule has 0 radical (unpaired) electrons. The van der Waals surface area contributed by atoms with Crippen molar-refractivity contribution in [2.45, 2.75) is 0 Å². The lowest BCUT2D eigenvalue weighted by molar-refractivity contribution is 0.102. The summed E-state index contributed by atoms with van der Waals surface area (Å²) >= 11 is 1.82. The maximum Gasteiger partial charge on any atom is 0.257 e. The van der Waals surface area contributed by atoms with Crippen molar-refractivity contribution in [3.05, 3.63) is 61.8 Å². The Balaban J connectivity index is 2.24. The lowest BCUT2D eigenvalue weighted by atomic mass is 10.2. The molecule has 0 atom stereocenters. The maximum absolute atomic E-state index is 13.3. The molecule has 0 fully saturated rings. The number of benzene rings is 1. The first-order chi connectivity index (χ1) is 8.58. The molecular formula is C12H8FIN2O2. The molecule has 1 amide bonds. The Hall–Kier alpha value is -1.70. The molecular weight excluding hydrogens is 350 g/mol. The van der Waals surface area contributed by atoms with Crippen LogP contribution in [-0.2, 0) is 0 Å². The predicted molar refractivity (Wildman–Crippen MR) is 74.1 cm³/mol. The van der Waals surface area contributed by atoms with Crippen LogP contribution in [0.2, 0.25) is 0 Å². The van der Waals surface area contributed by atoms with Gasteiger partial charge in [0.15, 0.2) is 0 Å². The first kappa shape index (κ1) is 12.7. The fourth-order valence-corrected chi connectivity index (χ4v) is 1.84. The molecule has 0 unspecified atom stereocenters. The second kappa shape index (κ2) is 5.30. The Bertz CT molecular complexity index is 634. The molecule has 4 nitrogen and oxygen atoms in total. The number of anilines is 1. The number of pyridine rings is 1. The molecule has 6 heteroatoms. The minimum atomic E-state index is -0.408. The summed E-state index contributed by atoms with van der Waals surface area (Å²) in [6, 6.07) is 7.09. The average Bonchev–Trinajstić information content (AvgIpc) is 2.36. The highest BCUT2D eigenvalue weighted by atomic mass is 127. The molecule has 0 aliphatic heterocycles. The number of nitrogens with one attached hydrogen (secondary N) is 2. The molecule has 0 saturated heterocycles. The Labute approximate surface area is 115 Å². The van der Waals surface area contributed by atoms with Gasteiger partial charge in [0.05, 0.1) is 14.8 Å². The minimum Gasteiger partial charge on any atom is -0.328 e. The van der Waals surface area contributed by atoms with Gasteiger partial charge in [-0.3, -0.25) is 9.59 Å². The lowest BCUT2D eigenvalue weighted by Gasteiger charge is -2.07. The van der Waals surface area contributed by atoms with Crippen LogP contribution in [-0.4, -0.2) is 10.9 Å². The summed E-state index contributed by atoms with van der Waals surface area (Å²) in [7, 11) is 0. The first-order valence-corrected chi connectivity index (χ1v) is 6.10. The smallest absolute Gasteiger partial charge is 0.257 e. The number of aromatic nitrogens is 1. The van der Waals surface area contributed by atoms with E-state index in [-0.39, 0.29) is 5.56 Å². The number of H-pyrrole nitrogens is 1. The minimum absolute atomic E-state index is 0.285. The summed E-state index contributed by atoms with van der Waals surface area (Å²) < 4.78 is 13.6. The van der Waals surface area contributed by atoms with Crippen molar-refractivity contribution < 1.29 is 9.18 Å². The van der Waals surface area contributed by atoms with Gasteiger partial charge in [-0.15, -0.1) is 0 Å². The summed E-state index contributed by atoms with van der Waals surface area (Å²) in [5.41, 5.74) is 0.411. The summed E-state index contributed by atoms with van der Waals surface area (Å²) in [5.74, 6) is -0.801. The zero-order valence-electron chi connectivity index (χ0n) is 9.04. The predicted octanol–water partition coefficient (Wildman–Crippen LogP) is 2.37. The van der Waals surface area contributed by atoms with Crippen LogP contribution in [0.1, 0.15) is 10.4 Å². The maximum atomic E-state index is 13.3. The molecule has 2 aromatic rings. The van der Waals surface area contributed by atoms with Crippen LogP contribution < -0.4 is 10.9 Å². The summed E-state index contributed by atoms with van der Waals surface area (Å²) in [4.78, 5) is 25.1. The highest BCUT2D eigenvalue weighted by Crippen LogP contribution is 2.21. The van der Waals surface area contributed by atoms with E-state index in [1.54, 1.807) is 6.07 Å². The Morgan fingerprint density at radius 3 is 2.72 bits per heavy atom. The standard InChI is InChI=1S/C12H8FIN2O2/c13-8-2-1-3-9(11(8)14)16-12(18)7-4-5-10(17)15-6-7/h1-6H,(H,15,17)(H,16,18). The zero-order chi connectivity index (χ0) is 13.1. The van der Waals surface area contributed by atoms with Gasteiger partial charge in [-0.2, -0.15) is 0 Å². The Morgan fingerprint density at radius 1 is 1.28 bits per heavy atom. The van der Waals surface area contributed by atoms with Gasteiger partial charge in [-0.25, -0.2) is 4.39 Å². The number of amides is 1. The quantitative estimate of drug-likeness (QED) is 0.810. The van der Waals surface area contributed by atoms with Gasteiger partial charge >= 0.3 is 0 Å². The highest BCUT2D eigenvalue weighted by molar-refractivity contribution is 14.1. The van der Waals surface area contributed by atoms with Crippen LogP contribution in [0.15, 0.2) is 41.3 Å². The van der Waals surface area contributed by atoms with Crippen LogP contribution in [0.3, 0.4) is 0 Å². The number of carbonyl (C=O) groups excluding carboxylic acids is 1. The van der Waals surface area contributed by atoms with E-state index >= 15 is 0 Å². The molecule has 0 bridgehead atoms. The van der Waals surface area contributed by atoms with E-state index in [9.17, 15) is 14.0 Å². The molecule has 92 valence electrons. The molecule has 18 heavy (non-hydrogen) atoms. The van der Waals surface area contributed by atoms with Gasteiger partial charge in [0.1, 0.15) is 5.82 Å². The first-order valence-electron chi connectivity index (χ1n) is 5.02. The molecule has 2 rings (SSSR count). The van der Waals surface area contributed by atoms with Crippen molar-refractivity contribution in [3.63, 3.8) is 0 Å². The third-order valence-corrected chi connectivity index (χ3v) is 3.34. The van der Waals surface area contributed by atoms with E-state index in [2.05, 4.69) is 10.3 Å². The Morgan fingerprint density at radius 2 is 2.06 bits per heavy atom. The van der Waals surface area contributed by atoms with Gasteiger partial charge in [-0.05, 0) is 40.8 Å². The van der Waals surface area contributed by atoms with Crippen LogP contribution in [0.5, 0.6) is 0 Å². The molecule has 1 aromatic heterocycles. The van der Waals surface area contributed by atoms with Crippen molar-refractivity contribution >= 4 is 34.2 Å². The number of aromatic amines is 1. The van der Waals surface area contributed by atoms with Crippen molar-refractivity contribution in [1.29, 1.82) is 0 Å². The number of carbonyl (C=O) groups is 1. The largest absolute Gasteiger partial charge is 0.328 e. The van der Waals surface area contributed by atoms with E-state index in [4.69, 9.17) is 0 Å². The molecule has 2 N–H and O–H groups in total. The van der Waals surface area contributed by atoms with Gasteiger partial charge in [-0.1, -0.05) is 6.07 Å². The zero-order valence-corrected chi connectivity index (χ0v) is 11.2. The number of hydrogen-bond donors (Lipinski definition) is 2. The van der Waals surface area contributed by atoms with Crippen LogP contribution >= 0.6 is 22.6 Å². The molecule has 0 aliphatic carbocycles. The van der Waals surface area contributed by atoms with Crippen LogP contribution in [0.25, 0.3) is 0 Å². The molecule has 0 aliphatic rings. The van der Waals surface area contributed by atoms with Crippen molar-refractivity contribution in [2.75, 3.05) is 5.32 Å². The van der Waals surface area contributed by atoms with Crippen molar-refractivity contribution in [3.8, 4) is 0 Å². The topological polar surface area (TPSA) is 62.0 Å². The monoisotopic (exact) mass is 358 g/mol. The van der Waals surface area contributed by atoms with Gasteiger partial charge in [0, 0.05) is 12.3 Å². The molecule has 1 heterocycles. The van der Waals surface area contributed by atoms with E-state index < -0.39 is 11.7 Å². The number of halogens is 2. The van der Waals surface area contributed by atoms with E-state index in [0.29, 0.717) is 14.8 Å². The van der Waals surface area contributed by atoms with E-state index in [1.165, 1.54) is 30.5 Å². The van der Waals surface area contributed by atoms with E-state index in [0.717, 1.165) is 0 Å². The van der Waals surface area contributed by atoms with Gasteiger partial charge in [0.2, 0.25) is 5.56 Å². The third-order valence-electron chi connectivity index (χ3n) is 2.25. The second-order valence-electron chi connectivity index (χ2n) is 3.50. The van der Waals surface area contributed by atoms with Crippen molar-refractivity contribution in [1.82, 2.24) is 4.98 Å². The summed E-state index contributed by atoms with van der Waals surface area (Å²) in [6.07, 6.45) is 1.31. The fourth-order valence-electron chi connectivity index (χ4n) is 1.35. The number of hydrogen-bond acceptors (Lipinski definition) is 2. The lowest BCUT2D eigenvalue weighted by Crippen LogP contribution is -2.15. The molecule has 0 spiro atoms. The highest BCUT2D eigenvalue weighted by Gasteiger charge is 2.10. The normalized spacial score (nSPS) is 10.1. The third kappa shape index (κ3) is 2.76. The van der Waals surface area contributed by atoms with Gasteiger partial charge in [0.25, 0.3) is 5.91 Å². The SMILES string of the molecule is O=C(Nc1cccc(F)c1I)c1ccc(=O)[nH]c1. The molecule has 1 aromatic carbocycles.